The van der Waals surface area contributed by atoms with Crippen LogP contribution < -0.4 is 5.32 Å². The van der Waals surface area contributed by atoms with Crippen LogP contribution in [0.4, 0.5) is 5.69 Å². The molecule has 0 amide bonds. The van der Waals surface area contributed by atoms with Gasteiger partial charge in [0.15, 0.2) is 0 Å². The molecule has 1 N–H and O–H groups in total. The zero-order valence-corrected chi connectivity index (χ0v) is 13.7. The molecule has 3 nitrogen and oxygen atoms in total. The monoisotopic (exact) mass is 347 g/mol. The number of carbonyl (C=O) groups excluding carboxylic acids is 1. The minimum absolute atomic E-state index is 0.0816. The first-order valence-corrected chi connectivity index (χ1v) is 7.69. The molecule has 0 heterocycles. The van der Waals surface area contributed by atoms with Crippen molar-refractivity contribution in [3.63, 3.8) is 0 Å². The zero-order chi connectivity index (χ0) is 15.2. The van der Waals surface area contributed by atoms with Crippen LogP contribution in [0.3, 0.4) is 0 Å². The summed E-state index contributed by atoms with van der Waals surface area (Å²) in [6.07, 6.45) is 0. The number of esters is 1. The molecule has 2 aromatic carbocycles. The molecule has 0 aliphatic rings. The lowest BCUT2D eigenvalue weighted by molar-refractivity contribution is 0.0527. The van der Waals surface area contributed by atoms with Crippen LogP contribution in [0.15, 0.2) is 53.0 Å². The molecule has 0 aromatic heterocycles. The van der Waals surface area contributed by atoms with E-state index in [9.17, 15) is 4.79 Å². The Morgan fingerprint density at radius 2 is 2.00 bits per heavy atom. The molecule has 2 rings (SSSR count). The first kappa shape index (κ1) is 15.6. The highest BCUT2D eigenvalue weighted by atomic mass is 79.9. The van der Waals surface area contributed by atoms with Gasteiger partial charge < -0.3 is 10.1 Å². The summed E-state index contributed by atoms with van der Waals surface area (Å²) in [5, 5.41) is 3.37. The lowest BCUT2D eigenvalue weighted by Gasteiger charge is -2.18. The van der Waals surface area contributed by atoms with Crippen molar-refractivity contribution in [2.75, 3.05) is 11.9 Å². The van der Waals surface area contributed by atoms with Gasteiger partial charge in [0.1, 0.15) is 0 Å². The van der Waals surface area contributed by atoms with Crippen LogP contribution in [0.1, 0.15) is 35.8 Å². The van der Waals surface area contributed by atoms with Crippen LogP contribution in [-0.4, -0.2) is 12.6 Å². The van der Waals surface area contributed by atoms with Crippen molar-refractivity contribution in [1.82, 2.24) is 0 Å². The molecule has 1 atom stereocenters. The molecular weight excluding hydrogens is 330 g/mol. The molecular formula is C17H18BrNO2. The maximum absolute atomic E-state index is 12.0. The van der Waals surface area contributed by atoms with Crippen LogP contribution in [0.2, 0.25) is 0 Å². The number of nitrogens with one attached hydrogen (secondary N) is 1. The highest BCUT2D eigenvalue weighted by Crippen LogP contribution is 2.24. The van der Waals surface area contributed by atoms with E-state index in [2.05, 4.69) is 40.3 Å². The number of ether oxygens (including phenoxy) is 1. The molecule has 0 radical (unpaired) electrons. The summed E-state index contributed by atoms with van der Waals surface area (Å²) in [6.45, 7) is 4.23. The number of anilines is 1. The molecule has 4 heteroatoms. The van der Waals surface area contributed by atoms with Gasteiger partial charge in [0.2, 0.25) is 0 Å². The van der Waals surface area contributed by atoms with E-state index in [1.807, 2.05) is 30.3 Å². The third kappa shape index (κ3) is 4.08. The molecule has 110 valence electrons. The Bertz CT molecular complexity index is 628. The number of benzene rings is 2. The van der Waals surface area contributed by atoms with Gasteiger partial charge in [-0.05, 0) is 43.7 Å². The van der Waals surface area contributed by atoms with E-state index >= 15 is 0 Å². The Balaban J connectivity index is 2.21. The fourth-order valence-corrected chi connectivity index (χ4v) is 2.51. The standard InChI is InChI=1S/C17H18BrNO2/c1-3-21-17(20)15-9-4-5-10-16(15)19-12(2)13-7-6-8-14(18)11-13/h4-12,19H,3H2,1-2H3. The average molecular weight is 348 g/mol. The molecule has 0 aliphatic carbocycles. The van der Waals surface area contributed by atoms with Crippen molar-refractivity contribution in [2.24, 2.45) is 0 Å². The summed E-state index contributed by atoms with van der Waals surface area (Å²) in [6, 6.07) is 15.6. The Hall–Kier alpha value is -1.81. The molecule has 0 aliphatic heterocycles. The SMILES string of the molecule is CCOC(=O)c1ccccc1NC(C)c1cccc(Br)c1. The lowest BCUT2D eigenvalue weighted by Crippen LogP contribution is -2.12. The lowest BCUT2D eigenvalue weighted by atomic mass is 10.1. The number of hydrogen-bond donors (Lipinski definition) is 1. The highest BCUT2D eigenvalue weighted by molar-refractivity contribution is 9.10. The Morgan fingerprint density at radius 1 is 1.24 bits per heavy atom. The van der Waals surface area contributed by atoms with Gasteiger partial charge in [0.05, 0.1) is 12.2 Å². The van der Waals surface area contributed by atoms with E-state index in [1.165, 1.54) is 0 Å². The molecule has 0 saturated carbocycles. The second-order valence-electron chi connectivity index (χ2n) is 4.69. The van der Waals surface area contributed by atoms with Gasteiger partial charge in [-0.15, -0.1) is 0 Å². The Morgan fingerprint density at radius 3 is 2.71 bits per heavy atom. The topological polar surface area (TPSA) is 38.3 Å². The Kier molecular flexibility index (Phi) is 5.39. The predicted molar refractivity (Wildman–Crippen MR) is 88.6 cm³/mol. The molecule has 0 fully saturated rings. The van der Waals surface area contributed by atoms with Crippen LogP contribution in [0, 0.1) is 0 Å². The molecule has 0 bridgehead atoms. The normalized spacial score (nSPS) is 11.8. The summed E-state index contributed by atoms with van der Waals surface area (Å²) < 4.78 is 6.12. The third-order valence-corrected chi connectivity index (χ3v) is 3.64. The van der Waals surface area contributed by atoms with Crippen LogP contribution >= 0.6 is 15.9 Å². The number of rotatable bonds is 5. The van der Waals surface area contributed by atoms with Crippen LogP contribution in [0.5, 0.6) is 0 Å². The van der Waals surface area contributed by atoms with E-state index in [0.29, 0.717) is 12.2 Å². The number of para-hydroxylation sites is 1. The van der Waals surface area contributed by atoms with Crippen molar-refractivity contribution < 1.29 is 9.53 Å². The highest BCUT2D eigenvalue weighted by Gasteiger charge is 2.14. The van der Waals surface area contributed by atoms with E-state index in [-0.39, 0.29) is 12.0 Å². The predicted octanol–water partition coefficient (Wildman–Crippen LogP) is 4.80. The maximum Gasteiger partial charge on any atom is 0.340 e. The number of carbonyl (C=O) groups is 1. The quantitative estimate of drug-likeness (QED) is 0.789. The number of hydrogen-bond acceptors (Lipinski definition) is 3. The van der Waals surface area contributed by atoms with Gasteiger partial charge in [-0.25, -0.2) is 4.79 Å². The maximum atomic E-state index is 12.0. The largest absolute Gasteiger partial charge is 0.462 e. The minimum atomic E-state index is -0.304. The fourth-order valence-electron chi connectivity index (χ4n) is 2.09. The van der Waals surface area contributed by atoms with E-state index in [0.717, 1.165) is 15.7 Å². The van der Waals surface area contributed by atoms with Crippen LogP contribution in [-0.2, 0) is 4.74 Å². The van der Waals surface area contributed by atoms with E-state index in [4.69, 9.17) is 4.74 Å². The summed E-state index contributed by atoms with van der Waals surface area (Å²) in [5.74, 6) is -0.304. The average Bonchev–Trinajstić information content (AvgIpc) is 2.48. The summed E-state index contributed by atoms with van der Waals surface area (Å²) in [5.41, 5.74) is 2.48. The third-order valence-electron chi connectivity index (χ3n) is 3.14. The first-order chi connectivity index (χ1) is 10.1. The molecule has 0 saturated heterocycles. The second-order valence-corrected chi connectivity index (χ2v) is 5.60. The second kappa shape index (κ2) is 7.27. The summed E-state index contributed by atoms with van der Waals surface area (Å²) in [4.78, 5) is 12.0. The smallest absolute Gasteiger partial charge is 0.340 e. The van der Waals surface area contributed by atoms with Crippen molar-refractivity contribution in [2.45, 2.75) is 19.9 Å². The van der Waals surface area contributed by atoms with Gasteiger partial charge in [0.25, 0.3) is 0 Å². The fraction of sp³-hybridized carbons (Fsp3) is 0.235. The van der Waals surface area contributed by atoms with Crippen molar-refractivity contribution in [3.8, 4) is 0 Å². The van der Waals surface area contributed by atoms with Crippen LogP contribution in [0.25, 0.3) is 0 Å². The van der Waals surface area contributed by atoms with Gasteiger partial charge in [0, 0.05) is 16.2 Å². The van der Waals surface area contributed by atoms with Crippen molar-refractivity contribution in [1.29, 1.82) is 0 Å². The van der Waals surface area contributed by atoms with E-state index in [1.54, 1.807) is 13.0 Å². The molecule has 1 unspecified atom stereocenters. The van der Waals surface area contributed by atoms with Crippen molar-refractivity contribution >= 4 is 27.6 Å². The molecule has 0 spiro atoms. The van der Waals surface area contributed by atoms with Gasteiger partial charge >= 0.3 is 5.97 Å². The van der Waals surface area contributed by atoms with Gasteiger partial charge in [-0.1, -0.05) is 40.2 Å². The zero-order valence-electron chi connectivity index (χ0n) is 12.1. The Labute approximate surface area is 133 Å². The van der Waals surface area contributed by atoms with Crippen molar-refractivity contribution in [3.05, 3.63) is 64.1 Å². The van der Waals surface area contributed by atoms with E-state index < -0.39 is 0 Å². The molecule has 21 heavy (non-hydrogen) atoms. The first-order valence-electron chi connectivity index (χ1n) is 6.90. The van der Waals surface area contributed by atoms with Gasteiger partial charge in [-0.3, -0.25) is 0 Å². The minimum Gasteiger partial charge on any atom is -0.462 e. The summed E-state index contributed by atoms with van der Waals surface area (Å²) in [7, 11) is 0. The molecule has 2 aromatic rings. The van der Waals surface area contributed by atoms with Gasteiger partial charge in [-0.2, -0.15) is 0 Å². The summed E-state index contributed by atoms with van der Waals surface area (Å²) >= 11 is 3.47. The number of halogens is 1.